The first-order chi connectivity index (χ1) is 22.3. The molecule has 8 aromatic rings. The summed E-state index contributed by atoms with van der Waals surface area (Å²) in [5.74, 6) is 0. The van der Waals surface area contributed by atoms with Crippen molar-refractivity contribution < 1.29 is 0 Å². The van der Waals surface area contributed by atoms with Gasteiger partial charge in [0.25, 0.3) is 0 Å². The molecule has 0 aliphatic heterocycles. The number of rotatable bonds is 7. The third kappa shape index (κ3) is 4.97. The van der Waals surface area contributed by atoms with Gasteiger partial charge in [-0.25, -0.2) is 0 Å². The van der Waals surface area contributed by atoms with E-state index >= 15 is 0 Å². The fourth-order valence-corrected chi connectivity index (χ4v) is 7.45. The van der Waals surface area contributed by atoms with Crippen LogP contribution in [0.1, 0.15) is 28.4 Å². The predicted molar refractivity (Wildman–Crippen MR) is 188 cm³/mol. The summed E-state index contributed by atoms with van der Waals surface area (Å²) in [7, 11) is 0. The average Bonchev–Trinajstić information content (AvgIpc) is 3.65. The first-order valence-corrected chi connectivity index (χ1v) is 15.8. The normalized spacial score (nSPS) is 12.4. The number of para-hydroxylation sites is 1. The van der Waals surface area contributed by atoms with E-state index in [0.29, 0.717) is 12.1 Å². The number of nitrogens with one attached hydrogen (secondary N) is 1. The van der Waals surface area contributed by atoms with Gasteiger partial charge in [-0.15, -0.1) is 11.3 Å². The van der Waals surface area contributed by atoms with Gasteiger partial charge in [0, 0.05) is 44.7 Å². The van der Waals surface area contributed by atoms with Crippen molar-refractivity contribution in [3.63, 3.8) is 0 Å². The van der Waals surface area contributed by atoms with E-state index in [1.165, 1.54) is 47.5 Å². The van der Waals surface area contributed by atoms with E-state index in [-0.39, 0.29) is 6.17 Å². The Balaban J connectivity index is 1.22. The lowest BCUT2D eigenvalue weighted by atomic mass is 10.1. The van der Waals surface area contributed by atoms with Gasteiger partial charge in [-0.2, -0.15) is 5.26 Å². The standard InChI is InChI=1S/C40H28N4S/c41-24-27-17-19-30(20-18-27)40(42-25-28-9-2-1-3-10-28)43-26-29-11-8-12-31(23-29)44-36-15-6-4-13-32(36)34-21-22-35-33-14-5-7-16-37(33)45-39(35)38(34)44/h1-23,26,40,42H,25H2/b43-26+/t40-/m1/s1. The largest absolute Gasteiger partial charge is 0.308 e. The summed E-state index contributed by atoms with van der Waals surface area (Å²) in [4.78, 5) is 5.03. The van der Waals surface area contributed by atoms with Gasteiger partial charge in [-0.05, 0) is 53.1 Å². The van der Waals surface area contributed by atoms with Gasteiger partial charge in [0.15, 0.2) is 0 Å². The minimum atomic E-state index is -0.270. The number of aliphatic imine (C=N–C) groups is 1. The second-order valence-corrected chi connectivity index (χ2v) is 12.2. The molecule has 0 unspecified atom stereocenters. The van der Waals surface area contributed by atoms with Gasteiger partial charge >= 0.3 is 0 Å². The Kier molecular flexibility index (Phi) is 6.92. The molecule has 1 atom stereocenters. The molecule has 0 saturated heterocycles. The summed E-state index contributed by atoms with van der Waals surface area (Å²) in [6.45, 7) is 0.676. The van der Waals surface area contributed by atoms with Gasteiger partial charge in [-0.1, -0.05) is 103 Å². The molecule has 214 valence electrons. The SMILES string of the molecule is N#Cc1ccc([C@@H](/N=C/c2cccc(-n3c4ccccc4c4ccc5c6ccccc6sc5c43)c2)NCc2ccccc2)cc1. The zero-order valence-corrected chi connectivity index (χ0v) is 25.2. The lowest BCUT2D eigenvalue weighted by Crippen LogP contribution is -2.19. The molecule has 1 N–H and O–H groups in total. The number of thiophene rings is 1. The molecule has 0 bridgehead atoms. The van der Waals surface area contributed by atoms with Gasteiger partial charge in [0.05, 0.1) is 27.4 Å². The van der Waals surface area contributed by atoms with Crippen LogP contribution in [0.2, 0.25) is 0 Å². The quantitative estimate of drug-likeness (QED) is 0.186. The lowest BCUT2D eigenvalue weighted by Gasteiger charge is -2.16. The van der Waals surface area contributed by atoms with Crippen LogP contribution in [0.15, 0.2) is 145 Å². The van der Waals surface area contributed by atoms with Crippen LogP contribution in [0.5, 0.6) is 0 Å². The van der Waals surface area contributed by atoms with Gasteiger partial charge in [0.2, 0.25) is 0 Å². The molecule has 5 heteroatoms. The third-order valence-electron chi connectivity index (χ3n) is 8.38. The molecule has 2 heterocycles. The van der Waals surface area contributed by atoms with Crippen molar-refractivity contribution in [1.82, 2.24) is 9.88 Å². The molecule has 0 spiro atoms. The van der Waals surface area contributed by atoms with Crippen LogP contribution in [-0.4, -0.2) is 10.8 Å². The Morgan fingerprint density at radius 1 is 0.733 bits per heavy atom. The highest BCUT2D eigenvalue weighted by atomic mass is 32.1. The van der Waals surface area contributed by atoms with Crippen molar-refractivity contribution in [2.45, 2.75) is 12.7 Å². The molecular weight excluding hydrogens is 569 g/mol. The van der Waals surface area contributed by atoms with Crippen LogP contribution >= 0.6 is 11.3 Å². The van der Waals surface area contributed by atoms with E-state index in [2.05, 4.69) is 113 Å². The number of hydrogen-bond donors (Lipinski definition) is 1. The summed E-state index contributed by atoms with van der Waals surface area (Å²) in [6.07, 6.45) is 1.68. The highest BCUT2D eigenvalue weighted by Crippen LogP contribution is 2.42. The lowest BCUT2D eigenvalue weighted by molar-refractivity contribution is 0.556. The minimum absolute atomic E-state index is 0.270. The van der Waals surface area contributed by atoms with Crippen molar-refractivity contribution in [3.05, 3.63) is 162 Å². The maximum Gasteiger partial charge on any atom is 0.125 e. The number of nitrogens with zero attached hydrogens (tertiary/aromatic N) is 3. The van der Waals surface area contributed by atoms with Crippen molar-refractivity contribution in [2.75, 3.05) is 0 Å². The molecule has 4 nitrogen and oxygen atoms in total. The maximum absolute atomic E-state index is 9.31. The molecule has 0 aliphatic carbocycles. The molecule has 8 rings (SSSR count). The van der Waals surface area contributed by atoms with E-state index in [0.717, 1.165) is 16.8 Å². The molecular formula is C40H28N4S. The molecule has 6 aromatic carbocycles. The van der Waals surface area contributed by atoms with Crippen LogP contribution < -0.4 is 5.32 Å². The average molecular weight is 597 g/mol. The zero-order valence-electron chi connectivity index (χ0n) is 24.4. The monoisotopic (exact) mass is 596 g/mol. The summed E-state index contributed by atoms with van der Waals surface area (Å²) in [6, 6.07) is 50.7. The van der Waals surface area contributed by atoms with Crippen LogP contribution in [0.3, 0.4) is 0 Å². The molecule has 2 aromatic heterocycles. The first-order valence-electron chi connectivity index (χ1n) is 15.0. The summed E-state index contributed by atoms with van der Waals surface area (Å²) >= 11 is 1.86. The Hall–Kier alpha value is -5.54. The Labute approximate surface area is 265 Å². The number of aromatic nitrogens is 1. The molecule has 45 heavy (non-hydrogen) atoms. The molecule has 0 aliphatic rings. The van der Waals surface area contributed by atoms with E-state index in [1.54, 1.807) is 0 Å². The summed E-state index contributed by atoms with van der Waals surface area (Å²) in [5.41, 5.74) is 7.37. The van der Waals surface area contributed by atoms with Crippen LogP contribution in [-0.2, 0) is 6.54 Å². The maximum atomic E-state index is 9.31. The van der Waals surface area contributed by atoms with Crippen LogP contribution in [0.4, 0.5) is 0 Å². The van der Waals surface area contributed by atoms with Crippen molar-refractivity contribution in [1.29, 1.82) is 5.26 Å². The topological polar surface area (TPSA) is 53.1 Å². The van der Waals surface area contributed by atoms with Crippen molar-refractivity contribution in [3.8, 4) is 11.8 Å². The van der Waals surface area contributed by atoms with Crippen molar-refractivity contribution in [2.24, 2.45) is 4.99 Å². The summed E-state index contributed by atoms with van der Waals surface area (Å²) in [5, 5.41) is 18.0. The highest BCUT2D eigenvalue weighted by Gasteiger charge is 2.17. The number of benzene rings is 6. The smallest absolute Gasteiger partial charge is 0.125 e. The number of fused-ring (bicyclic) bond motifs is 7. The second kappa shape index (κ2) is 11.5. The zero-order chi connectivity index (χ0) is 30.2. The molecule has 0 amide bonds. The van der Waals surface area contributed by atoms with E-state index < -0.39 is 0 Å². The second-order valence-electron chi connectivity index (χ2n) is 11.2. The summed E-state index contributed by atoms with van der Waals surface area (Å²) < 4.78 is 5.01. The number of hydrogen-bond acceptors (Lipinski definition) is 4. The first kappa shape index (κ1) is 27.0. The highest BCUT2D eigenvalue weighted by molar-refractivity contribution is 7.26. The van der Waals surface area contributed by atoms with Gasteiger partial charge in [0.1, 0.15) is 6.17 Å². The fraction of sp³-hybridized carbons (Fsp3) is 0.0500. The molecule has 0 fully saturated rings. The van der Waals surface area contributed by atoms with Gasteiger partial charge in [-0.3, -0.25) is 10.3 Å². The van der Waals surface area contributed by atoms with Crippen LogP contribution in [0.25, 0.3) is 47.7 Å². The van der Waals surface area contributed by atoms with E-state index in [1.807, 2.05) is 60.0 Å². The van der Waals surface area contributed by atoms with E-state index in [4.69, 9.17) is 4.99 Å². The predicted octanol–water partition coefficient (Wildman–Crippen LogP) is 9.93. The Morgan fingerprint density at radius 2 is 1.49 bits per heavy atom. The van der Waals surface area contributed by atoms with E-state index in [9.17, 15) is 5.26 Å². The Morgan fingerprint density at radius 3 is 2.33 bits per heavy atom. The van der Waals surface area contributed by atoms with Crippen molar-refractivity contribution >= 4 is 59.5 Å². The van der Waals surface area contributed by atoms with Crippen LogP contribution in [0, 0.1) is 11.3 Å². The fourth-order valence-electron chi connectivity index (χ4n) is 6.21. The van der Waals surface area contributed by atoms with Gasteiger partial charge < -0.3 is 4.57 Å². The third-order valence-corrected chi connectivity index (χ3v) is 9.57. The minimum Gasteiger partial charge on any atom is -0.308 e. The molecule has 0 radical (unpaired) electrons. The molecule has 0 saturated carbocycles. The number of nitriles is 1. The Bertz CT molecular complexity index is 2390.